The molecule has 1 aliphatic rings. The second-order valence-corrected chi connectivity index (χ2v) is 10.4. The minimum atomic E-state index is -0.996. The first kappa shape index (κ1) is 28.8. The first-order valence-corrected chi connectivity index (χ1v) is 14.1. The molecule has 0 bridgehead atoms. The normalized spacial score (nSPS) is 16.1. The third-order valence-electron chi connectivity index (χ3n) is 7.62. The summed E-state index contributed by atoms with van der Waals surface area (Å²) in [6.07, 6.45) is 3.59. The van der Waals surface area contributed by atoms with Gasteiger partial charge in [-0.2, -0.15) is 5.10 Å². The Morgan fingerprint density at radius 3 is 2.44 bits per heavy atom. The summed E-state index contributed by atoms with van der Waals surface area (Å²) in [5, 5.41) is 26.7. The molecule has 0 fully saturated rings. The average Bonchev–Trinajstić information content (AvgIpc) is 3.36. The van der Waals surface area contributed by atoms with Crippen LogP contribution in [-0.4, -0.2) is 68.5 Å². The van der Waals surface area contributed by atoms with Gasteiger partial charge in [0.25, 0.3) is 5.91 Å². The lowest BCUT2D eigenvalue weighted by molar-refractivity contribution is -0.0530. The van der Waals surface area contributed by atoms with E-state index in [1.165, 1.54) is 5.56 Å². The van der Waals surface area contributed by atoms with E-state index in [0.717, 1.165) is 36.9 Å². The molecule has 8 heteroatoms. The number of benzene rings is 2. The summed E-state index contributed by atoms with van der Waals surface area (Å²) >= 11 is 0. The van der Waals surface area contributed by atoms with E-state index < -0.39 is 6.23 Å². The largest absolute Gasteiger partial charge is 0.497 e. The summed E-state index contributed by atoms with van der Waals surface area (Å²) in [4.78, 5) is 17.3. The number of amides is 1. The molecule has 1 aliphatic heterocycles. The average molecular weight is 535 g/mol. The van der Waals surface area contributed by atoms with Crippen molar-refractivity contribution >= 4 is 5.91 Å². The number of carbonyl (C=O) groups is 1. The van der Waals surface area contributed by atoms with Crippen molar-refractivity contribution < 1.29 is 19.7 Å². The van der Waals surface area contributed by atoms with Gasteiger partial charge < -0.3 is 19.8 Å². The van der Waals surface area contributed by atoms with E-state index >= 15 is 0 Å². The van der Waals surface area contributed by atoms with Gasteiger partial charge in [-0.25, -0.2) is 4.68 Å². The summed E-state index contributed by atoms with van der Waals surface area (Å²) in [7, 11) is 1.60. The molecule has 2 atom stereocenters. The van der Waals surface area contributed by atoms with Gasteiger partial charge in [0.2, 0.25) is 0 Å². The number of methoxy groups -OCH3 is 1. The monoisotopic (exact) mass is 534 g/mol. The van der Waals surface area contributed by atoms with Gasteiger partial charge in [0.15, 0.2) is 5.69 Å². The first-order chi connectivity index (χ1) is 18.9. The minimum Gasteiger partial charge on any atom is -0.497 e. The first-order valence-electron chi connectivity index (χ1n) is 14.1. The van der Waals surface area contributed by atoms with Crippen LogP contribution >= 0.6 is 0 Å². The topological polar surface area (TPSA) is 91.1 Å². The van der Waals surface area contributed by atoms with Gasteiger partial charge in [0.1, 0.15) is 12.0 Å². The molecular weight excluding hydrogens is 492 g/mol. The number of ether oxygens (including phenoxy) is 1. The summed E-state index contributed by atoms with van der Waals surface area (Å²) in [5.74, 6) is 0.552. The molecule has 1 amide bonds. The lowest BCUT2D eigenvalue weighted by Gasteiger charge is -2.39. The molecule has 1 aromatic heterocycles. The Balaban J connectivity index is 1.70. The molecule has 0 saturated carbocycles. The molecule has 2 N–H and O–H groups in total. The third kappa shape index (κ3) is 6.35. The van der Waals surface area contributed by atoms with Gasteiger partial charge in [-0.15, -0.1) is 0 Å². The van der Waals surface area contributed by atoms with E-state index in [1.54, 1.807) is 11.8 Å². The second-order valence-electron chi connectivity index (χ2n) is 10.4. The molecule has 4 rings (SSSR count). The van der Waals surface area contributed by atoms with E-state index in [4.69, 9.17) is 9.84 Å². The van der Waals surface area contributed by atoms with E-state index in [1.807, 2.05) is 53.1 Å². The number of hydrogen-bond acceptors (Lipinski definition) is 6. The lowest BCUT2D eigenvalue weighted by Crippen LogP contribution is -2.45. The maximum absolute atomic E-state index is 13.5. The van der Waals surface area contributed by atoms with Crippen LogP contribution in [0.15, 0.2) is 48.5 Å². The highest BCUT2D eigenvalue weighted by Crippen LogP contribution is 2.34. The van der Waals surface area contributed by atoms with Crippen LogP contribution in [-0.2, 0) is 13.0 Å². The van der Waals surface area contributed by atoms with Gasteiger partial charge in [0, 0.05) is 43.0 Å². The van der Waals surface area contributed by atoms with Crippen molar-refractivity contribution in [2.45, 2.75) is 71.7 Å². The van der Waals surface area contributed by atoms with Crippen molar-refractivity contribution in [3.8, 4) is 11.4 Å². The van der Waals surface area contributed by atoms with Crippen molar-refractivity contribution in [1.82, 2.24) is 19.6 Å². The maximum Gasteiger partial charge on any atom is 0.274 e. The van der Waals surface area contributed by atoms with E-state index in [2.05, 4.69) is 26.0 Å². The Morgan fingerprint density at radius 1 is 1.10 bits per heavy atom. The fourth-order valence-electron chi connectivity index (χ4n) is 5.29. The van der Waals surface area contributed by atoms with Crippen LogP contribution in [0.5, 0.6) is 5.75 Å². The van der Waals surface area contributed by atoms with Crippen LogP contribution in [0, 0.1) is 6.92 Å². The smallest absolute Gasteiger partial charge is 0.274 e. The Hall–Kier alpha value is -3.20. The zero-order valence-corrected chi connectivity index (χ0v) is 23.6. The highest BCUT2D eigenvalue weighted by atomic mass is 16.5. The van der Waals surface area contributed by atoms with Crippen LogP contribution in [0.4, 0.5) is 0 Å². The molecule has 3 aromatic rings. The Morgan fingerprint density at radius 2 is 1.79 bits per heavy atom. The number of unbranched alkanes of at least 4 members (excludes halogenated alkanes) is 2. The molecule has 2 heterocycles. The van der Waals surface area contributed by atoms with Gasteiger partial charge >= 0.3 is 0 Å². The highest BCUT2D eigenvalue weighted by Gasteiger charge is 2.33. The molecular formula is C31H42N4O4. The van der Waals surface area contributed by atoms with Crippen LogP contribution in [0.1, 0.15) is 78.6 Å². The Bertz CT molecular complexity index is 1250. The second kappa shape index (κ2) is 13.2. The van der Waals surface area contributed by atoms with Gasteiger partial charge in [-0.05, 0) is 55.5 Å². The van der Waals surface area contributed by atoms with Crippen LogP contribution in [0.25, 0.3) is 5.69 Å². The predicted octanol–water partition coefficient (Wildman–Crippen LogP) is 4.64. The van der Waals surface area contributed by atoms with Crippen molar-refractivity contribution in [2.24, 2.45) is 0 Å². The standard InChI is InChI=1S/C31H42N4O4/c1-5-7-15-33(16-8-6-2)31(38)28-17-22(3)35(32-28)29-19-26(39-4)13-14-27(29)30(37)34-20-24-12-10-9-11-23(24)18-25(34)21-36/h9-14,17,19,25,30,36-37H,5-8,15-16,18,20-21H2,1-4H3. The molecule has 0 spiro atoms. The van der Waals surface area contributed by atoms with Crippen molar-refractivity contribution in [2.75, 3.05) is 26.8 Å². The predicted molar refractivity (Wildman–Crippen MR) is 152 cm³/mol. The fraction of sp³-hybridized carbons (Fsp3) is 0.484. The maximum atomic E-state index is 13.5. The molecule has 2 aromatic carbocycles. The number of aliphatic hydroxyl groups is 2. The van der Waals surface area contributed by atoms with Crippen molar-refractivity contribution in [3.05, 3.63) is 76.6 Å². The quantitative estimate of drug-likeness (QED) is 0.352. The molecule has 210 valence electrons. The van der Waals surface area contributed by atoms with Crippen LogP contribution in [0.3, 0.4) is 0 Å². The van der Waals surface area contributed by atoms with Gasteiger partial charge in [-0.3, -0.25) is 9.69 Å². The summed E-state index contributed by atoms with van der Waals surface area (Å²) < 4.78 is 7.23. The number of nitrogens with zero attached hydrogens (tertiary/aromatic N) is 4. The molecule has 0 aliphatic carbocycles. The Labute approximate surface area is 231 Å². The molecule has 0 radical (unpaired) electrons. The Kier molecular flexibility index (Phi) is 9.78. The zero-order chi connectivity index (χ0) is 27.9. The number of rotatable bonds is 12. The zero-order valence-electron chi connectivity index (χ0n) is 23.6. The molecule has 0 saturated heterocycles. The van der Waals surface area contributed by atoms with E-state index in [9.17, 15) is 15.0 Å². The summed E-state index contributed by atoms with van der Waals surface area (Å²) in [6.45, 7) is 8.03. The van der Waals surface area contributed by atoms with Gasteiger partial charge in [-0.1, -0.05) is 51.0 Å². The van der Waals surface area contributed by atoms with Crippen LogP contribution < -0.4 is 4.74 Å². The molecule has 2 unspecified atom stereocenters. The van der Waals surface area contributed by atoms with Crippen molar-refractivity contribution in [1.29, 1.82) is 0 Å². The minimum absolute atomic E-state index is 0.0678. The van der Waals surface area contributed by atoms with E-state index in [-0.39, 0.29) is 18.6 Å². The van der Waals surface area contributed by atoms with Crippen molar-refractivity contribution in [3.63, 3.8) is 0 Å². The fourth-order valence-corrected chi connectivity index (χ4v) is 5.29. The molecule has 39 heavy (non-hydrogen) atoms. The lowest BCUT2D eigenvalue weighted by atomic mass is 9.93. The number of aliphatic hydroxyl groups excluding tert-OH is 2. The summed E-state index contributed by atoms with van der Waals surface area (Å²) in [6, 6.07) is 15.2. The number of aromatic nitrogens is 2. The van der Waals surface area contributed by atoms with Gasteiger partial charge in [0.05, 0.1) is 19.4 Å². The SMILES string of the molecule is CCCCN(CCCC)C(=O)c1cc(C)n(-c2cc(OC)ccc2C(O)N2Cc3ccccc3CC2CO)n1. The summed E-state index contributed by atoms with van der Waals surface area (Å²) in [5.41, 5.74) is 4.78. The molecule has 8 nitrogen and oxygen atoms in total. The van der Waals surface area contributed by atoms with Crippen LogP contribution in [0.2, 0.25) is 0 Å². The van der Waals surface area contributed by atoms with E-state index in [0.29, 0.717) is 48.7 Å². The number of aryl methyl sites for hydroxylation is 1. The number of carbonyl (C=O) groups excluding carboxylic acids is 1. The number of fused-ring (bicyclic) bond motifs is 1. The number of hydrogen-bond donors (Lipinski definition) is 2. The third-order valence-corrected chi connectivity index (χ3v) is 7.62. The highest BCUT2D eigenvalue weighted by molar-refractivity contribution is 5.92.